The summed E-state index contributed by atoms with van der Waals surface area (Å²) >= 11 is 0. The van der Waals surface area contributed by atoms with E-state index in [9.17, 15) is 9.59 Å². The number of carbonyl (C=O) groups is 2. The fraction of sp³-hybridized carbons (Fsp3) is 0.429. The summed E-state index contributed by atoms with van der Waals surface area (Å²) in [7, 11) is 3.05. The Bertz CT molecular complexity index is 457. The first kappa shape index (κ1) is 15.0. The standard InChI is InChI=1S/C14H19NO4/c1-4-5-10(16)8-14(17)15-12-9-11(18-2)6-7-13(12)19-3/h6-7,9H,4-5,8H2,1-3H3,(H,15,17). The van der Waals surface area contributed by atoms with E-state index in [1.54, 1.807) is 18.2 Å². The fourth-order valence-corrected chi connectivity index (χ4v) is 1.65. The van der Waals surface area contributed by atoms with Gasteiger partial charge in [-0.1, -0.05) is 6.92 Å². The van der Waals surface area contributed by atoms with Crippen LogP contribution in [0.1, 0.15) is 26.2 Å². The number of anilines is 1. The maximum absolute atomic E-state index is 11.7. The van der Waals surface area contributed by atoms with Crippen LogP contribution in [0.3, 0.4) is 0 Å². The molecule has 0 aliphatic carbocycles. The van der Waals surface area contributed by atoms with Crippen molar-refractivity contribution >= 4 is 17.4 Å². The Kier molecular flexibility index (Phi) is 5.85. The number of benzene rings is 1. The summed E-state index contributed by atoms with van der Waals surface area (Å²) in [5, 5.41) is 2.66. The third-order valence-electron chi connectivity index (χ3n) is 2.57. The van der Waals surface area contributed by atoms with Gasteiger partial charge in [-0.05, 0) is 18.6 Å². The highest BCUT2D eigenvalue weighted by Gasteiger charge is 2.12. The van der Waals surface area contributed by atoms with Crippen molar-refractivity contribution in [1.82, 2.24) is 0 Å². The number of ether oxygens (including phenoxy) is 2. The molecule has 0 spiro atoms. The fourth-order valence-electron chi connectivity index (χ4n) is 1.65. The Labute approximate surface area is 112 Å². The zero-order valence-electron chi connectivity index (χ0n) is 11.5. The van der Waals surface area contributed by atoms with Crippen LogP contribution in [0.2, 0.25) is 0 Å². The minimum Gasteiger partial charge on any atom is -0.497 e. The molecule has 5 heteroatoms. The van der Waals surface area contributed by atoms with Gasteiger partial charge in [0.2, 0.25) is 5.91 Å². The largest absolute Gasteiger partial charge is 0.497 e. The van der Waals surface area contributed by atoms with E-state index in [-0.39, 0.29) is 18.1 Å². The number of rotatable bonds is 7. The second-order valence-corrected chi connectivity index (χ2v) is 4.08. The Balaban J connectivity index is 2.74. The average Bonchev–Trinajstić information content (AvgIpc) is 2.38. The van der Waals surface area contributed by atoms with E-state index in [1.165, 1.54) is 14.2 Å². The third-order valence-corrected chi connectivity index (χ3v) is 2.57. The lowest BCUT2D eigenvalue weighted by molar-refractivity contribution is -0.125. The molecule has 5 nitrogen and oxygen atoms in total. The predicted molar refractivity (Wildman–Crippen MR) is 72.7 cm³/mol. The van der Waals surface area contributed by atoms with Gasteiger partial charge in [0, 0.05) is 12.5 Å². The quantitative estimate of drug-likeness (QED) is 0.769. The summed E-state index contributed by atoms with van der Waals surface area (Å²) in [6.07, 6.45) is 1.05. The van der Waals surface area contributed by atoms with Crippen molar-refractivity contribution in [3.8, 4) is 11.5 Å². The topological polar surface area (TPSA) is 64.6 Å². The predicted octanol–water partition coefficient (Wildman–Crippen LogP) is 2.40. The lowest BCUT2D eigenvalue weighted by Crippen LogP contribution is -2.16. The molecule has 1 rings (SSSR count). The Morgan fingerprint density at radius 1 is 1.21 bits per heavy atom. The number of nitrogens with one attached hydrogen (secondary N) is 1. The van der Waals surface area contributed by atoms with Gasteiger partial charge in [-0.25, -0.2) is 0 Å². The second kappa shape index (κ2) is 7.41. The van der Waals surface area contributed by atoms with Gasteiger partial charge in [0.25, 0.3) is 0 Å². The highest BCUT2D eigenvalue weighted by Crippen LogP contribution is 2.28. The summed E-state index contributed by atoms with van der Waals surface area (Å²) in [5.41, 5.74) is 0.496. The number of hydrogen-bond donors (Lipinski definition) is 1. The molecular formula is C14H19NO4. The molecule has 0 atom stereocenters. The van der Waals surface area contributed by atoms with Gasteiger partial charge in [0.05, 0.1) is 26.3 Å². The van der Waals surface area contributed by atoms with E-state index in [4.69, 9.17) is 9.47 Å². The van der Waals surface area contributed by atoms with Crippen molar-refractivity contribution in [3.05, 3.63) is 18.2 Å². The molecule has 0 heterocycles. The van der Waals surface area contributed by atoms with Crippen LogP contribution >= 0.6 is 0 Å². The molecular weight excluding hydrogens is 246 g/mol. The first-order chi connectivity index (χ1) is 9.10. The SMILES string of the molecule is CCCC(=O)CC(=O)Nc1cc(OC)ccc1OC. The lowest BCUT2D eigenvalue weighted by Gasteiger charge is -2.11. The van der Waals surface area contributed by atoms with Gasteiger partial charge in [0.1, 0.15) is 17.3 Å². The number of Topliss-reactive ketones (excluding diaryl/α,β-unsaturated/α-hetero) is 1. The van der Waals surface area contributed by atoms with E-state index < -0.39 is 0 Å². The maximum Gasteiger partial charge on any atom is 0.231 e. The van der Waals surface area contributed by atoms with Crippen LogP contribution in [0.5, 0.6) is 11.5 Å². The molecule has 0 aliphatic heterocycles. The van der Waals surface area contributed by atoms with Gasteiger partial charge in [-0.3, -0.25) is 9.59 Å². The van der Waals surface area contributed by atoms with Crippen molar-refractivity contribution < 1.29 is 19.1 Å². The summed E-state index contributed by atoms with van der Waals surface area (Å²) in [5.74, 6) is 0.722. The number of amides is 1. The summed E-state index contributed by atoms with van der Waals surface area (Å²) in [6, 6.07) is 5.08. The van der Waals surface area contributed by atoms with Crippen LogP contribution in [0.15, 0.2) is 18.2 Å². The molecule has 104 valence electrons. The summed E-state index contributed by atoms with van der Waals surface area (Å²) in [6.45, 7) is 1.90. The summed E-state index contributed by atoms with van der Waals surface area (Å²) < 4.78 is 10.2. The molecule has 0 saturated heterocycles. The van der Waals surface area contributed by atoms with Crippen LogP contribution in [0.4, 0.5) is 5.69 Å². The van der Waals surface area contributed by atoms with Gasteiger partial charge >= 0.3 is 0 Å². The van der Waals surface area contributed by atoms with E-state index in [1.807, 2.05) is 6.92 Å². The third kappa shape index (κ3) is 4.62. The first-order valence-electron chi connectivity index (χ1n) is 6.14. The monoisotopic (exact) mass is 265 g/mol. The molecule has 0 fully saturated rings. The maximum atomic E-state index is 11.7. The summed E-state index contributed by atoms with van der Waals surface area (Å²) in [4.78, 5) is 23.1. The molecule has 1 aromatic carbocycles. The van der Waals surface area contributed by atoms with Gasteiger partial charge in [-0.2, -0.15) is 0 Å². The molecule has 1 N–H and O–H groups in total. The van der Waals surface area contributed by atoms with Crippen molar-refractivity contribution in [2.75, 3.05) is 19.5 Å². The van der Waals surface area contributed by atoms with Gasteiger partial charge in [0.15, 0.2) is 0 Å². The highest BCUT2D eigenvalue weighted by atomic mass is 16.5. The van der Waals surface area contributed by atoms with Crippen molar-refractivity contribution in [2.45, 2.75) is 26.2 Å². The molecule has 0 unspecified atom stereocenters. The molecule has 0 bridgehead atoms. The second-order valence-electron chi connectivity index (χ2n) is 4.08. The number of hydrogen-bond acceptors (Lipinski definition) is 4. The first-order valence-corrected chi connectivity index (χ1v) is 6.14. The van der Waals surface area contributed by atoms with Crippen LogP contribution in [0, 0.1) is 0 Å². The van der Waals surface area contributed by atoms with Crippen molar-refractivity contribution in [1.29, 1.82) is 0 Å². The van der Waals surface area contributed by atoms with Crippen LogP contribution in [-0.2, 0) is 9.59 Å². The smallest absolute Gasteiger partial charge is 0.231 e. The average molecular weight is 265 g/mol. The van der Waals surface area contributed by atoms with Crippen LogP contribution in [-0.4, -0.2) is 25.9 Å². The van der Waals surface area contributed by atoms with Crippen molar-refractivity contribution in [2.24, 2.45) is 0 Å². The van der Waals surface area contributed by atoms with E-state index in [0.29, 0.717) is 23.6 Å². The Hall–Kier alpha value is -2.04. The Morgan fingerprint density at radius 3 is 2.53 bits per heavy atom. The highest BCUT2D eigenvalue weighted by molar-refractivity contribution is 6.04. The lowest BCUT2D eigenvalue weighted by atomic mass is 10.1. The molecule has 19 heavy (non-hydrogen) atoms. The molecule has 0 radical (unpaired) electrons. The molecule has 1 aromatic rings. The van der Waals surface area contributed by atoms with E-state index >= 15 is 0 Å². The number of ketones is 1. The minimum absolute atomic E-state index is 0.0677. The molecule has 1 amide bonds. The van der Waals surface area contributed by atoms with Crippen molar-refractivity contribution in [3.63, 3.8) is 0 Å². The zero-order valence-corrected chi connectivity index (χ0v) is 11.5. The van der Waals surface area contributed by atoms with Gasteiger partial charge < -0.3 is 14.8 Å². The van der Waals surface area contributed by atoms with E-state index in [2.05, 4.69) is 5.32 Å². The zero-order chi connectivity index (χ0) is 14.3. The minimum atomic E-state index is -0.343. The number of methoxy groups -OCH3 is 2. The van der Waals surface area contributed by atoms with E-state index in [0.717, 1.165) is 6.42 Å². The molecule has 0 aromatic heterocycles. The number of carbonyl (C=O) groups excluding carboxylic acids is 2. The molecule has 0 aliphatic rings. The van der Waals surface area contributed by atoms with Crippen LogP contribution in [0.25, 0.3) is 0 Å². The van der Waals surface area contributed by atoms with Gasteiger partial charge in [-0.15, -0.1) is 0 Å². The molecule has 0 saturated carbocycles. The Morgan fingerprint density at radius 2 is 1.95 bits per heavy atom. The normalized spacial score (nSPS) is 9.84. The van der Waals surface area contributed by atoms with Crippen LogP contribution < -0.4 is 14.8 Å².